The molecule has 0 radical (unpaired) electrons. The quantitative estimate of drug-likeness (QED) is 0.871. The molecule has 0 spiro atoms. The number of anilines is 1. The van der Waals surface area contributed by atoms with Gasteiger partial charge in [-0.1, -0.05) is 13.3 Å². The lowest BCUT2D eigenvalue weighted by atomic mass is 9.67. The van der Waals surface area contributed by atoms with E-state index >= 15 is 0 Å². The predicted octanol–water partition coefficient (Wildman–Crippen LogP) is 2.32. The van der Waals surface area contributed by atoms with E-state index in [0.717, 1.165) is 18.7 Å². The molecule has 0 bridgehead atoms. The Morgan fingerprint density at radius 3 is 2.68 bits per heavy atom. The molecule has 2 rings (SSSR count). The van der Waals surface area contributed by atoms with Crippen LogP contribution in [0.1, 0.15) is 38.3 Å². The number of carbonyl (C=O) groups excluding carboxylic acids is 1. The first-order valence-corrected chi connectivity index (χ1v) is 6.61. The second-order valence-electron chi connectivity index (χ2n) is 5.24. The third-order valence-corrected chi connectivity index (χ3v) is 4.01. The minimum Gasteiger partial charge on any atom is -0.397 e. The van der Waals surface area contributed by atoms with Gasteiger partial charge in [0.05, 0.1) is 18.3 Å². The van der Waals surface area contributed by atoms with Crippen molar-refractivity contribution in [2.75, 3.05) is 12.3 Å². The van der Waals surface area contributed by atoms with Crippen LogP contribution in [0.4, 0.5) is 5.69 Å². The van der Waals surface area contributed by atoms with E-state index in [-0.39, 0.29) is 18.3 Å². The molecule has 0 atom stereocenters. The van der Waals surface area contributed by atoms with Gasteiger partial charge < -0.3 is 11.1 Å². The summed E-state index contributed by atoms with van der Waals surface area (Å²) in [7, 11) is 0. The van der Waals surface area contributed by atoms with Crippen LogP contribution in [-0.2, 0) is 11.2 Å². The monoisotopic (exact) mass is 283 g/mol. The van der Waals surface area contributed by atoms with Gasteiger partial charge in [0.25, 0.3) is 0 Å². The van der Waals surface area contributed by atoms with Gasteiger partial charge in [0.2, 0.25) is 5.91 Å². The van der Waals surface area contributed by atoms with Crippen LogP contribution in [0.2, 0.25) is 0 Å². The number of nitrogens with zero attached hydrogens (tertiary/aromatic N) is 1. The standard InChI is InChI=1S/C14H21N3O.ClH/c1-2-14(6-3-7-14)10-17-13(18)8-12-5-4-11(15)9-16-12;/h4-5,9H,2-3,6-8,10,15H2,1H3,(H,17,18);1H. The normalized spacial score (nSPS) is 16.1. The Hall–Kier alpha value is -1.29. The van der Waals surface area contributed by atoms with Crippen molar-refractivity contribution >= 4 is 24.0 Å². The van der Waals surface area contributed by atoms with Gasteiger partial charge >= 0.3 is 0 Å². The van der Waals surface area contributed by atoms with Crippen molar-refractivity contribution in [2.45, 2.75) is 39.0 Å². The lowest BCUT2D eigenvalue weighted by Crippen LogP contribution is -2.42. The van der Waals surface area contributed by atoms with E-state index < -0.39 is 0 Å². The van der Waals surface area contributed by atoms with Crippen molar-refractivity contribution in [1.82, 2.24) is 10.3 Å². The molecule has 1 aromatic heterocycles. The van der Waals surface area contributed by atoms with Gasteiger partial charge in [-0.2, -0.15) is 0 Å². The first-order valence-electron chi connectivity index (χ1n) is 6.61. The van der Waals surface area contributed by atoms with E-state index in [1.807, 2.05) is 0 Å². The molecule has 0 aliphatic heterocycles. The van der Waals surface area contributed by atoms with Gasteiger partial charge in [0.15, 0.2) is 0 Å². The third-order valence-electron chi connectivity index (χ3n) is 4.01. The SMILES string of the molecule is CCC1(CNC(=O)Cc2ccc(N)cn2)CCC1.Cl. The molecule has 1 amide bonds. The van der Waals surface area contributed by atoms with Gasteiger partial charge in [0.1, 0.15) is 0 Å². The smallest absolute Gasteiger partial charge is 0.226 e. The zero-order chi connectivity index (χ0) is 13.0. The molecule has 1 aromatic rings. The number of rotatable bonds is 5. The fourth-order valence-electron chi connectivity index (χ4n) is 2.39. The lowest BCUT2D eigenvalue weighted by Gasteiger charge is -2.41. The van der Waals surface area contributed by atoms with E-state index in [1.165, 1.54) is 19.3 Å². The lowest BCUT2D eigenvalue weighted by molar-refractivity contribution is -0.121. The highest BCUT2D eigenvalue weighted by molar-refractivity contribution is 5.85. The van der Waals surface area contributed by atoms with E-state index in [4.69, 9.17) is 5.73 Å². The highest BCUT2D eigenvalue weighted by Crippen LogP contribution is 2.42. The van der Waals surface area contributed by atoms with Gasteiger partial charge in [-0.05, 0) is 36.8 Å². The summed E-state index contributed by atoms with van der Waals surface area (Å²) in [6, 6.07) is 3.57. The van der Waals surface area contributed by atoms with Crippen LogP contribution in [0.3, 0.4) is 0 Å². The van der Waals surface area contributed by atoms with E-state index in [9.17, 15) is 4.79 Å². The fraction of sp³-hybridized carbons (Fsp3) is 0.571. The molecule has 1 aliphatic carbocycles. The second kappa shape index (κ2) is 6.75. The van der Waals surface area contributed by atoms with E-state index in [1.54, 1.807) is 18.3 Å². The first-order chi connectivity index (χ1) is 8.63. The van der Waals surface area contributed by atoms with Crippen LogP contribution in [0.5, 0.6) is 0 Å². The molecule has 19 heavy (non-hydrogen) atoms. The number of aromatic nitrogens is 1. The second-order valence-corrected chi connectivity index (χ2v) is 5.24. The Morgan fingerprint density at radius 2 is 2.21 bits per heavy atom. The third kappa shape index (κ3) is 4.10. The summed E-state index contributed by atoms with van der Waals surface area (Å²) in [6.45, 7) is 3.00. The summed E-state index contributed by atoms with van der Waals surface area (Å²) in [4.78, 5) is 15.9. The maximum absolute atomic E-state index is 11.8. The minimum atomic E-state index is 0. The average Bonchev–Trinajstić information content (AvgIpc) is 2.31. The maximum Gasteiger partial charge on any atom is 0.226 e. The molecule has 3 N–H and O–H groups in total. The number of nitrogens with two attached hydrogens (primary N) is 1. The molecular formula is C14H22ClN3O. The summed E-state index contributed by atoms with van der Waals surface area (Å²) in [6.07, 6.45) is 6.84. The van der Waals surface area contributed by atoms with Crippen LogP contribution in [0, 0.1) is 5.41 Å². The molecular weight excluding hydrogens is 262 g/mol. The van der Waals surface area contributed by atoms with Crippen molar-refractivity contribution in [3.63, 3.8) is 0 Å². The molecule has 1 aliphatic rings. The van der Waals surface area contributed by atoms with E-state index in [0.29, 0.717) is 17.5 Å². The van der Waals surface area contributed by atoms with Crippen molar-refractivity contribution in [1.29, 1.82) is 0 Å². The van der Waals surface area contributed by atoms with Crippen LogP contribution in [-0.4, -0.2) is 17.4 Å². The number of nitrogen functional groups attached to an aromatic ring is 1. The van der Waals surface area contributed by atoms with Gasteiger partial charge in [-0.3, -0.25) is 9.78 Å². The number of nitrogens with one attached hydrogen (secondary N) is 1. The largest absolute Gasteiger partial charge is 0.397 e. The highest BCUT2D eigenvalue weighted by atomic mass is 35.5. The molecule has 0 saturated heterocycles. The molecule has 1 heterocycles. The zero-order valence-electron chi connectivity index (χ0n) is 11.3. The first kappa shape index (κ1) is 15.8. The Labute approximate surface area is 120 Å². The van der Waals surface area contributed by atoms with Crippen LogP contribution >= 0.6 is 12.4 Å². The number of amides is 1. The highest BCUT2D eigenvalue weighted by Gasteiger charge is 2.35. The molecule has 5 heteroatoms. The molecule has 4 nitrogen and oxygen atoms in total. The summed E-state index contributed by atoms with van der Waals surface area (Å²) >= 11 is 0. The summed E-state index contributed by atoms with van der Waals surface area (Å²) < 4.78 is 0. The predicted molar refractivity (Wildman–Crippen MR) is 79.2 cm³/mol. The van der Waals surface area contributed by atoms with E-state index in [2.05, 4.69) is 17.2 Å². The molecule has 106 valence electrons. The summed E-state index contributed by atoms with van der Waals surface area (Å²) in [5, 5.41) is 3.03. The number of halogens is 1. The molecule has 0 unspecified atom stereocenters. The van der Waals surface area contributed by atoms with Crippen molar-refractivity contribution < 1.29 is 4.79 Å². The van der Waals surface area contributed by atoms with Crippen LogP contribution < -0.4 is 11.1 Å². The molecule has 1 fully saturated rings. The molecule has 1 saturated carbocycles. The Kier molecular flexibility index (Phi) is 5.60. The van der Waals surface area contributed by atoms with Gasteiger partial charge in [-0.15, -0.1) is 12.4 Å². The van der Waals surface area contributed by atoms with Crippen molar-refractivity contribution in [3.05, 3.63) is 24.0 Å². The fourth-order valence-corrected chi connectivity index (χ4v) is 2.39. The van der Waals surface area contributed by atoms with Crippen LogP contribution in [0.25, 0.3) is 0 Å². The Bertz CT molecular complexity index is 410. The summed E-state index contributed by atoms with van der Waals surface area (Å²) in [5.74, 6) is 0.0481. The Balaban J connectivity index is 0.00000180. The van der Waals surface area contributed by atoms with Crippen molar-refractivity contribution in [3.8, 4) is 0 Å². The number of pyridine rings is 1. The zero-order valence-corrected chi connectivity index (χ0v) is 12.1. The Morgan fingerprint density at radius 1 is 1.47 bits per heavy atom. The number of hydrogen-bond acceptors (Lipinski definition) is 3. The number of hydrogen-bond donors (Lipinski definition) is 2. The van der Waals surface area contributed by atoms with Crippen molar-refractivity contribution in [2.24, 2.45) is 5.41 Å². The average molecular weight is 284 g/mol. The number of carbonyl (C=O) groups is 1. The van der Waals surface area contributed by atoms with Gasteiger partial charge in [0, 0.05) is 12.2 Å². The topological polar surface area (TPSA) is 68.0 Å². The van der Waals surface area contributed by atoms with Gasteiger partial charge in [-0.25, -0.2) is 0 Å². The molecule has 0 aromatic carbocycles. The maximum atomic E-state index is 11.8. The van der Waals surface area contributed by atoms with Crippen LogP contribution in [0.15, 0.2) is 18.3 Å². The summed E-state index contributed by atoms with van der Waals surface area (Å²) in [5.41, 5.74) is 7.31. The minimum absolute atomic E-state index is 0.